The molecule has 292 valence electrons. The second-order valence-electron chi connectivity index (χ2n) is 14.8. The summed E-state index contributed by atoms with van der Waals surface area (Å²) in [6.45, 7) is 0. The summed E-state index contributed by atoms with van der Waals surface area (Å²) in [5.74, 6) is -3.32. The van der Waals surface area contributed by atoms with Crippen LogP contribution in [0.4, 0.5) is 11.4 Å². The number of pyridine rings is 2. The molecule has 4 aliphatic rings. The quantitative estimate of drug-likeness (QED) is 0.151. The van der Waals surface area contributed by atoms with Crippen molar-refractivity contribution in [1.29, 1.82) is 10.5 Å². The SMILES string of the molecule is N#Cc1ccc(C2(c3ccncc3)[C@@H]3C(=O)N(c4cc(Cl)cc(Cl)c4)C(=O)[C@@H]32)cc1.N#Cc1ccc(C2(c3ccncc3)[C@@H]3C(=O)N(c4cc(Cl)cc(Cl)c4)C(=O)[C@@H]32)cc1. The van der Waals surface area contributed by atoms with Crippen molar-refractivity contribution in [2.45, 2.75) is 10.8 Å². The molecule has 6 atom stereocenters. The second-order valence-corrected chi connectivity index (χ2v) is 16.5. The van der Waals surface area contributed by atoms with Crippen LogP contribution in [0.15, 0.2) is 134 Å². The predicted molar refractivity (Wildman–Crippen MR) is 224 cm³/mol. The van der Waals surface area contributed by atoms with Crippen molar-refractivity contribution in [2.24, 2.45) is 23.7 Å². The molecule has 60 heavy (non-hydrogen) atoms. The fourth-order valence-corrected chi connectivity index (χ4v) is 10.4. The summed E-state index contributed by atoms with van der Waals surface area (Å²) in [6.07, 6.45) is 6.60. The molecule has 2 saturated carbocycles. The van der Waals surface area contributed by atoms with Gasteiger partial charge in [0.2, 0.25) is 23.6 Å². The minimum absolute atomic E-state index is 0.287. The van der Waals surface area contributed by atoms with Gasteiger partial charge < -0.3 is 0 Å². The zero-order chi connectivity index (χ0) is 42.1. The third-order valence-corrected chi connectivity index (χ3v) is 12.7. The fourth-order valence-electron chi connectivity index (χ4n) is 9.41. The molecular formula is C46H26Cl4N6O4. The summed E-state index contributed by atoms with van der Waals surface area (Å²) in [5.41, 5.74) is 3.58. The number of carbonyl (C=O) groups excluding carboxylic acids is 4. The van der Waals surface area contributed by atoms with Gasteiger partial charge in [-0.1, -0.05) is 70.7 Å². The Bertz CT molecular complexity index is 2580. The molecule has 4 fully saturated rings. The van der Waals surface area contributed by atoms with Crippen molar-refractivity contribution in [3.8, 4) is 12.1 Å². The Hall–Kier alpha value is -6.40. The zero-order valence-electron chi connectivity index (χ0n) is 30.8. The molecule has 10 rings (SSSR count). The maximum absolute atomic E-state index is 13.4. The molecule has 6 aromatic rings. The van der Waals surface area contributed by atoms with Crippen molar-refractivity contribution in [3.05, 3.63) is 187 Å². The van der Waals surface area contributed by atoms with Crippen LogP contribution in [0.5, 0.6) is 0 Å². The molecule has 4 amide bonds. The molecule has 14 heteroatoms. The lowest BCUT2D eigenvalue weighted by molar-refractivity contribution is -0.126. The number of aromatic nitrogens is 2. The van der Waals surface area contributed by atoms with Crippen molar-refractivity contribution < 1.29 is 19.2 Å². The second kappa shape index (κ2) is 14.7. The molecular weight excluding hydrogens is 842 g/mol. The van der Waals surface area contributed by atoms with E-state index in [0.717, 1.165) is 22.3 Å². The smallest absolute Gasteiger partial charge is 0.239 e. The fraction of sp³-hybridized carbons (Fsp3) is 0.130. The number of rotatable bonds is 6. The predicted octanol–water partition coefficient (Wildman–Crippen LogP) is 8.73. The van der Waals surface area contributed by atoms with Crippen LogP contribution in [-0.2, 0) is 30.0 Å². The molecule has 0 radical (unpaired) electrons. The van der Waals surface area contributed by atoms with Crippen LogP contribution < -0.4 is 9.80 Å². The lowest BCUT2D eigenvalue weighted by Gasteiger charge is -2.26. The number of nitrogens with zero attached hydrogens (tertiary/aromatic N) is 6. The van der Waals surface area contributed by atoms with Crippen LogP contribution in [0.3, 0.4) is 0 Å². The Morgan fingerprint density at radius 3 is 0.967 bits per heavy atom. The number of nitriles is 2. The van der Waals surface area contributed by atoms with Gasteiger partial charge in [-0.25, -0.2) is 9.80 Å². The third-order valence-electron chi connectivity index (χ3n) is 11.9. The lowest BCUT2D eigenvalue weighted by Crippen LogP contribution is -2.39. The van der Waals surface area contributed by atoms with Crippen LogP contribution >= 0.6 is 46.4 Å². The van der Waals surface area contributed by atoms with Crippen molar-refractivity contribution >= 4 is 81.4 Å². The Morgan fingerprint density at radius 2 is 0.700 bits per heavy atom. The van der Waals surface area contributed by atoms with E-state index in [0.29, 0.717) is 42.6 Å². The number of piperidine rings is 2. The summed E-state index contributed by atoms with van der Waals surface area (Å²) in [5, 5.41) is 19.7. The Morgan fingerprint density at radius 1 is 0.433 bits per heavy atom. The van der Waals surface area contributed by atoms with E-state index in [9.17, 15) is 19.2 Å². The van der Waals surface area contributed by atoms with E-state index >= 15 is 0 Å². The van der Waals surface area contributed by atoms with Crippen molar-refractivity contribution in [1.82, 2.24) is 9.97 Å². The standard InChI is InChI=1S/2C23H13Cl2N3O2/c2*24-16-9-17(25)11-18(10-16)28-21(29)19-20(22(28)30)23(19,15-5-7-27-8-6-15)14-3-1-13(12-26)2-4-14/h2*1-11,19-20H/t2*19-,20+,23?. The van der Waals surface area contributed by atoms with Gasteiger partial charge in [-0.2, -0.15) is 10.5 Å². The van der Waals surface area contributed by atoms with Crippen LogP contribution in [0.1, 0.15) is 33.4 Å². The normalized spacial score (nSPS) is 24.5. The van der Waals surface area contributed by atoms with Crippen molar-refractivity contribution in [3.63, 3.8) is 0 Å². The van der Waals surface area contributed by atoms with Crippen molar-refractivity contribution in [2.75, 3.05) is 9.80 Å². The highest BCUT2D eigenvalue weighted by molar-refractivity contribution is 6.37. The van der Waals surface area contributed by atoms with Gasteiger partial charge in [0, 0.05) is 55.7 Å². The molecule has 2 aliphatic carbocycles. The van der Waals surface area contributed by atoms with Gasteiger partial charge in [0.1, 0.15) is 0 Å². The van der Waals surface area contributed by atoms with Gasteiger partial charge in [0.05, 0.1) is 58.3 Å². The largest absolute Gasteiger partial charge is 0.274 e. The number of hydrogen-bond acceptors (Lipinski definition) is 8. The number of amides is 4. The van der Waals surface area contributed by atoms with Gasteiger partial charge in [-0.05, 0) is 107 Å². The molecule has 0 N–H and O–H groups in total. The average molecular weight is 869 g/mol. The number of anilines is 2. The first-order valence-electron chi connectivity index (χ1n) is 18.5. The minimum Gasteiger partial charge on any atom is -0.274 e. The summed E-state index contributed by atoms with van der Waals surface area (Å²) < 4.78 is 0. The molecule has 0 bridgehead atoms. The minimum atomic E-state index is -0.774. The van der Waals surface area contributed by atoms with Gasteiger partial charge >= 0.3 is 0 Å². The highest BCUT2D eigenvalue weighted by Crippen LogP contribution is 2.69. The van der Waals surface area contributed by atoms with E-state index in [1.807, 2.05) is 48.5 Å². The lowest BCUT2D eigenvalue weighted by atomic mass is 9.83. The van der Waals surface area contributed by atoms with Crippen LogP contribution in [0.25, 0.3) is 0 Å². The molecule has 2 saturated heterocycles. The summed E-state index contributed by atoms with van der Waals surface area (Å²) >= 11 is 24.3. The molecule has 4 aromatic carbocycles. The van der Waals surface area contributed by atoms with Gasteiger partial charge in [-0.3, -0.25) is 29.1 Å². The Balaban J connectivity index is 0.000000154. The maximum Gasteiger partial charge on any atom is 0.239 e. The van der Waals surface area contributed by atoms with E-state index in [1.165, 1.54) is 9.80 Å². The van der Waals surface area contributed by atoms with Gasteiger partial charge in [0.15, 0.2) is 0 Å². The molecule has 2 aromatic heterocycles. The number of benzene rings is 4. The first kappa shape index (κ1) is 39.1. The van der Waals surface area contributed by atoms with E-state index in [2.05, 4.69) is 22.1 Å². The first-order chi connectivity index (χ1) is 29.0. The number of fused-ring (bicyclic) bond motifs is 2. The summed E-state index contributed by atoms with van der Waals surface area (Å²) in [6, 6.07) is 34.9. The first-order valence-corrected chi connectivity index (χ1v) is 20.0. The molecule has 10 nitrogen and oxygen atoms in total. The highest BCUT2D eigenvalue weighted by Gasteiger charge is 2.79. The molecule has 4 heterocycles. The third kappa shape index (κ3) is 5.90. The average Bonchev–Trinajstić information content (AvgIpc) is 4.09. The monoisotopic (exact) mass is 866 g/mol. The topological polar surface area (TPSA) is 148 Å². The van der Waals surface area contributed by atoms with Crippen LogP contribution in [0.2, 0.25) is 20.1 Å². The van der Waals surface area contributed by atoms with Gasteiger partial charge in [-0.15, -0.1) is 0 Å². The van der Waals surface area contributed by atoms with E-state index in [1.54, 1.807) is 85.5 Å². The summed E-state index contributed by atoms with van der Waals surface area (Å²) in [4.78, 5) is 64.2. The number of imide groups is 2. The number of hydrogen-bond donors (Lipinski definition) is 0. The Kier molecular flexibility index (Phi) is 9.58. The zero-order valence-corrected chi connectivity index (χ0v) is 33.9. The number of carbonyl (C=O) groups is 4. The van der Waals surface area contributed by atoms with E-state index < -0.39 is 34.5 Å². The van der Waals surface area contributed by atoms with Crippen LogP contribution in [-0.4, -0.2) is 33.6 Å². The van der Waals surface area contributed by atoms with Crippen LogP contribution in [0, 0.1) is 46.3 Å². The van der Waals surface area contributed by atoms with Gasteiger partial charge in [0.25, 0.3) is 0 Å². The molecule has 2 unspecified atom stereocenters. The van der Waals surface area contributed by atoms with E-state index in [-0.39, 0.29) is 23.6 Å². The maximum atomic E-state index is 13.4. The number of halogens is 4. The van der Waals surface area contributed by atoms with E-state index in [4.69, 9.17) is 56.9 Å². The Labute approximate surface area is 363 Å². The molecule has 0 spiro atoms. The summed E-state index contributed by atoms with van der Waals surface area (Å²) in [7, 11) is 0. The molecule has 2 aliphatic heterocycles. The highest BCUT2D eigenvalue weighted by atomic mass is 35.5.